The zero-order valence-electron chi connectivity index (χ0n) is 11.8. The number of nitrogens with one attached hydrogen (secondary N) is 1. The quantitative estimate of drug-likeness (QED) is 0.876. The first-order valence-corrected chi connectivity index (χ1v) is 7.38. The Morgan fingerprint density at radius 2 is 2.20 bits per heavy atom. The number of halogens is 1. The minimum Gasteiger partial charge on any atom is -0.492 e. The molecule has 5 heteroatoms. The molecule has 1 atom stereocenters. The first-order valence-electron chi connectivity index (χ1n) is 7.01. The molecule has 0 aromatic heterocycles. The largest absolute Gasteiger partial charge is 0.492 e. The Hall–Kier alpha value is -1.26. The lowest BCUT2D eigenvalue weighted by atomic mass is 10.1. The Morgan fingerprint density at radius 3 is 2.85 bits per heavy atom. The van der Waals surface area contributed by atoms with E-state index in [1.54, 1.807) is 17.0 Å². The Bertz CT molecular complexity index is 430. The number of hydrogen-bond acceptors (Lipinski definition) is 3. The van der Waals surface area contributed by atoms with Gasteiger partial charge in [0, 0.05) is 24.5 Å². The summed E-state index contributed by atoms with van der Waals surface area (Å²) in [5.41, 5.74) is 0. The molecule has 1 saturated heterocycles. The average molecular weight is 297 g/mol. The fraction of sp³-hybridized carbons (Fsp3) is 0.533. The predicted octanol–water partition coefficient (Wildman–Crippen LogP) is 2.32. The van der Waals surface area contributed by atoms with Gasteiger partial charge in [0.05, 0.1) is 6.54 Å². The average Bonchev–Trinajstić information content (AvgIpc) is 2.93. The minimum absolute atomic E-state index is 0.170. The lowest BCUT2D eigenvalue weighted by molar-refractivity contribution is -0.130. The van der Waals surface area contributed by atoms with Crippen LogP contribution in [0.15, 0.2) is 24.3 Å². The fourth-order valence-corrected chi connectivity index (χ4v) is 2.38. The highest BCUT2D eigenvalue weighted by molar-refractivity contribution is 6.30. The monoisotopic (exact) mass is 296 g/mol. The highest BCUT2D eigenvalue weighted by Crippen LogP contribution is 2.15. The molecule has 110 valence electrons. The van der Waals surface area contributed by atoms with Gasteiger partial charge in [0.15, 0.2) is 0 Å². The van der Waals surface area contributed by atoms with Crippen molar-refractivity contribution < 1.29 is 9.53 Å². The topological polar surface area (TPSA) is 41.6 Å². The van der Waals surface area contributed by atoms with Gasteiger partial charge in [-0.1, -0.05) is 11.6 Å². The molecule has 1 amide bonds. The number of carbonyl (C=O) groups excluding carboxylic acids is 1. The van der Waals surface area contributed by atoms with Gasteiger partial charge in [0.25, 0.3) is 0 Å². The molecule has 20 heavy (non-hydrogen) atoms. The molecule has 1 aromatic carbocycles. The van der Waals surface area contributed by atoms with Crippen LogP contribution in [0.25, 0.3) is 0 Å². The Balaban J connectivity index is 1.67. The molecule has 1 aliphatic heterocycles. The van der Waals surface area contributed by atoms with Crippen LogP contribution in [-0.2, 0) is 4.79 Å². The summed E-state index contributed by atoms with van der Waals surface area (Å²) in [4.78, 5) is 13.7. The second-order valence-electron chi connectivity index (χ2n) is 5.12. The van der Waals surface area contributed by atoms with E-state index in [1.165, 1.54) is 6.42 Å². The molecule has 1 aromatic rings. The highest BCUT2D eigenvalue weighted by atomic mass is 35.5. The van der Waals surface area contributed by atoms with Gasteiger partial charge in [0.2, 0.25) is 5.91 Å². The number of hydrogen-bond donors (Lipinski definition) is 1. The molecule has 1 fully saturated rings. The predicted molar refractivity (Wildman–Crippen MR) is 80.2 cm³/mol. The summed E-state index contributed by atoms with van der Waals surface area (Å²) in [5.74, 6) is 0.941. The smallest absolute Gasteiger partial charge is 0.223 e. The van der Waals surface area contributed by atoms with E-state index in [4.69, 9.17) is 16.3 Å². The molecule has 0 saturated carbocycles. The molecule has 2 rings (SSSR count). The molecule has 0 aliphatic carbocycles. The third kappa shape index (κ3) is 4.69. The highest BCUT2D eigenvalue weighted by Gasteiger charge is 2.19. The van der Waals surface area contributed by atoms with Crippen LogP contribution in [0, 0.1) is 0 Å². The van der Waals surface area contributed by atoms with E-state index in [9.17, 15) is 4.79 Å². The molecule has 1 unspecified atom stereocenters. The maximum atomic E-state index is 12.0. The number of amides is 1. The van der Waals surface area contributed by atoms with Crippen molar-refractivity contribution in [3.63, 3.8) is 0 Å². The van der Waals surface area contributed by atoms with E-state index in [-0.39, 0.29) is 5.91 Å². The number of rotatable bonds is 6. The molecule has 1 N–H and O–H groups in total. The van der Waals surface area contributed by atoms with Crippen molar-refractivity contribution in [1.82, 2.24) is 10.2 Å². The third-order valence-corrected chi connectivity index (χ3v) is 3.77. The normalized spacial score (nSPS) is 18.0. The zero-order valence-corrected chi connectivity index (χ0v) is 12.5. The lowest BCUT2D eigenvalue weighted by Gasteiger charge is -2.19. The zero-order chi connectivity index (χ0) is 14.4. The molecule has 0 spiro atoms. The standard InChI is InChI=1S/C15H21ClN2O2/c1-18(15(19)11-13-3-2-8-17-13)9-10-20-14-6-4-12(16)5-7-14/h4-7,13,17H,2-3,8-11H2,1H3. The van der Waals surface area contributed by atoms with E-state index >= 15 is 0 Å². The van der Waals surface area contributed by atoms with Gasteiger partial charge in [-0.2, -0.15) is 0 Å². The van der Waals surface area contributed by atoms with Crippen LogP contribution in [0.2, 0.25) is 5.02 Å². The maximum absolute atomic E-state index is 12.0. The Kier molecular flexibility index (Phi) is 5.68. The van der Waals surface area contributed by atoms with Gasteiger partial charge in [-0.15, -0.1) is 0 Å². The lowest BCUT2D eigenvalue weighted by Crippen LogP contribution is -2.35. The number of benzene rings is 1. The van der Waals surface area contributed by atoms with E-state index in [2.05, 4.69) is 5.32 Å². The van der Waals surface area contributed by atoms with Crippen molar-refractivity contribution in [2.24, 2.45) is 0 Å². The van der Waals surface area contributed by atoms with E-state index in [0.29, 0.717) is 30.6 Å². The molecule has 0 bridgehead atoms. The van der Waals surface area contributed by atoms with E-state index in [0.717, 1.165) is 18.7 Å². The molecular formula is C15H21ClN2O2. The number of carbonyl (C=O) groups is 1. The maximum Gasteiger partial charge on any atom is 0.223 e. The molecule has 0 radical (unpaired) electrons. The molecule has 4 nitrogen and oxygen atoms in total. The van der Waals surface area contributed by atoms with Crippen LogP contribution in [-0.4, -0.2) is 43.6 Å². The van der Waals surface area contributed by atoms with Gasteiger partial charge in [-0.05, 0) is 43.7 Å². The summed E-state index contributed by atoms with van der Waals surface area (Å²) in [6, 6.07) is 7.58. The number of nitrogens with zero attached hydrogens (tertiary/aromatic N) is 1. The van der Waals surface area contributed by atoms with Gasteiger partial charge >= 0.3 is 0 Å². The van der Waals surface area contributed by atoms with Crippen LogP contribution in [0.1, 0.15) is 19.3 Å². The summed E-state index contributed by atoms with van der Waals surface area (Å²) in [6.07, 6.45) is 2.85. The second kappa shape index (κ2) is 7.50. The van der Waals surface area contributed by atoms with Crippen LogP contribution < -0.4 is 10.1 Å². The number of likely N-dealkylation sites (N-methyl/N-ethyl adjacent to an activating group) is 1. The summed E-state index contributed by atoms with van der Waals surface area (Å²) >= 11 is 5.80. The van der Waals surface area contributed by atoms with E-state index in [1.807, 2.05) is 19.2 Å². The SMILES string of the molecule is CN(CCOc1ccc(Cl)cc1)C(=O)CC1CCCN1. The van der Waals surface area contributed by atoms with Crippen molar-refractivity contribution in [2.45, 2.75) is 25.3 Å². The summed E-state index contributed by atoms with van der Waals surface area (Å²) < 4.78 is 5.58. The van der Waals surface area contributed by atoms with Gasteiger partial charge in [-0.25, -0.2) is 0 Å². The molecular weight excluding hydrogens is 276 g/mol. The van der Waals surface area contributed by atoms with Crippen LogP contribution in [0.3, 0.4) is 0 Å². The van der Waals surface area contributed by atoms with Crippen molar-refractivity contribution in [3.8, 4) is 5.75 Å². The van der Waals surface area contributed by atoms with Gasteiger partial charge < -0.3 is 15.0 Å². The first kappa shape index (κ1) is 15.1. The van der Waals surface area contributed by atoms with Crippen molar-refractivity contribution in [3.05, 3.63) is 29.3 Å². The number of ether oxygens (including phenoxy) is 1. The Labute approximate surface area is 125 Å². The third-order valence-electron chi connectivity index (χ3n) is 3.52. The van der Waals surface area contributed by atoms with Gasteiger partial charge in [-0.3, -0.25) is 4.79 Å². The second-order valence-corrected chi connectivity index (χ2v) is 5.55. The van der Waals surface area contributed by atoms with Crippen LogP contribution in [0.4, 0.5) is 0 Å². The first-order chi connectivity index (χ1) is 9.65. The van der Waals surface area contributed by atoms with Crippen LogP contribution >= 0.6 is 11.6 Å². The minimum atomic E-state index is 0.170. The summed E-state index contributed by atoms with van der Waals surface area (Å²) in [6.45, 7) is 2.11. The Morgan fingerprint density at radius 1 is 1.45 bits per heavy atom. The van der Waals surface area contributed by atoms with Crippen molar-refractivity contribution >= 4 is 17.5 Å². The molecule has 1 heterocycles. The fourth-order valence-electron chi connectivity index (χ4n) is 2.25. The van der Waals surface area contributed by atoms with Crippen molar-refractivity contribution in [1.29, 1.82) is 0 Å². The van der Waals surface area contributed by atoms with Gasteiger partial charge in [0.1, 0.15) is 12.4 Å². The summed E-state index contributed by atoms with van der Waals surface area (Å²) in [7, 11) is 1.82. The molecule has 1 aliphatic rings. The summed E-state index contributed by atoms with van der Waals surface area (Å²) in [5, 5.41) is 4.03. The van der Waals surface area contributed by atoms with Crippen molar-refractivity contribution in [2.75, 3.05) is 26.7 Å². The van der Waals surface area contributed by atoms with Crippen LogP contribution in [0.5, 0.6) is 5.75 Å². The van der Waals surface area contributed by atoms with E-state index < -0.39 is 0 Å².